The summed E-state index contributed by atoms with van der Waals surface area (Å²) >= 11 is 0. The van der Waals surface area contributed by atoms with E-state index in [0.29, 0.717) is 6.54 Å². The van der Waals surface area contributed by atoms with Gasteiger partial charge >= 0.3 is 5.97 Å². The number of nitriles is 1. The van der Waals surface area contributed by atoms with Crippen LogP contribution in [-0.2, 0) is 16.1 Å². The van der Waals surface area contributed by atoms with Crippen LogP contribution < -0.4 is 0 Å². The second-order valence-corrected chi connectivity index (χ2v) is 6.51. The summed E-state index contributed by atoms with van der Waals surface area (Å²) < 4.78 is 6.64. The number of nitrogens with zero attached hydrogens (tertiary/aromatic N) is 3. The Morgan fingerprint density at radius 2 is 1.96 bits per heavy atom. The summed E-state index contributed by atoms with van der Waals surface area (Å²) in [5, 5.41) is 13.3. The summed E-state index contributed by atoms with van der Waals surface area (Å²) in [7, 11) is 0. The van der Waals surface area contributed by atoms with Gasteiger partial charge < -0.3 is 4.74 Å². The minimum atomic E-state index is -0.552. The fourth-order valence-corrected chi connectivity index (χ4v) is 2.83. The molecule has 1 aromatic heterocycles. The Morgan fingerprint density at radius 3 is 2.68 bits per heavy atom. The van der Waals surface area contributed by atoms with Gasteiger partial charge in [0.2, 0.25) is 0 Å². The van der Waals surface area contributed by atoms with Gasteiger partial charge in [0.15, 0.2) is 6.61 Å². The number of benzene rings is 2. The molecule has 0 saturated heterocycles. The number of hydrogen-bond donors (Lipinski definition) is 0. The maximum atomic E-state index is 11.7. The highest BCUT2D eigenvalue weighted by Gasteiger charge is 2.11. The van der Waals surface area contributed by atoms with Crippen LogP contribution in [0, 0.1) is 25.2 Å². The van der Waals surface area contributed by atoms with Crippen LogP contribution in [0.1, 0.15) is 22.3 Å². The van der Waals surface area contributed by atoms with Crippen molar-refractivity contribution in [3.05, 3.63) is 83.1 Å². The highest BCUT2D eigenvalue weighted by atomic mass is 16.5. The Hall–Kier alpha value is -3.65. The Morgan fingerprint density at radius 1 is 1.18 bits per heavy atom. The number of rotatable bonds is 6. The van der Waals surface area contributed by atoms with Crippen molar-refractivity contribution in [2.45, 2.75) is 20.4 Å². The summed E-state index contributed by atoms with van der Waals surface area (Å²) in [5.41, 5.74) is 6.13. The smallest absolute Gasteiger partial charge is 0.331 e. The minimum Gasteiger partial charge on any atom is -0.447 e. The highest BCUT2D eigenvalue weighted by Crippen LogP contribution is 2.26. The Labute approximate surface area is 164 Å². The number of aromatic nitrogens is 2. The number of carbonyl (C=O) groups excluding carboxylic acids is 1. The molecule has 5 nitrogen and oxygen atoms in total. The van der Waals surface area contributed by atoms with Crippen molar-refractivity contribution >= 4 is 12.0 Å². The van der Waals surface area contributed by atoms with Gasteiger partial charge in [-0.25, -0.2) is 4.79 Å². The predicted molar refractivity (Wildman–Crippen MR) is 108 cm³/mol. The predicted octanol–water partition coefficient (Wildman–Crippen LogP) is 4.30. The molecule has 0 bridgehead atoms. The second kappa shape index (κ2) is 8.83. The molecule has 0 saturated carbocycles. The van der Waals surface area contributed by atoms with E-state index < -0.39 is 5.97 Å². The number of hydrogen-bond acceptors (Lipinski definition) is 4. The largest absolute Gasteiger partial charge is 0.447 e. The van der Waals surface area contributed by atoms with Crippen LogP contribution in [0.2, 0.25) is 0 Å². The molecule has 3 rings (SSSR count). The van der Waals surface area contributed by atoms with Gasteiger partial charge in [-0.1, -0.05) is 42.5 Å². The molecule has 0 unspecified atom stereocenters. The van der Waals surface area contributed by atoms with Crippen molar-refractivity contribution in [2.75, 3.05) is 6.61 Å². The summed E-state index contributed by atoms with van der Waals surface area (Å²) in [6.07, 6.45) is 4.91. The summed E-state index contributed by atoms with van der Waals surface area (Å²) in [6, 6.07) is 18.0. The van der Waals surface area contributed by atoms with Crippen molar-refractivity contribution in [1.29, 1.82) is 5.26 Å². The van der Waals surface area contributed by atoms with Crippen molar-refractivity contribution in [1.82, 2.24) is 9.78 Å². The first-order chi connectivity index (χ1) is 13.6. The molecule has 0 fully saturated rings. The lowest BCUT2D eigenvalue weighted by atomic mass is 10.0. The van der Waals surface area contributed by atoms with Gasteiger partial charge in [-0.15, -0.1) is 0 Å². The Kier molecular flexibility index (Phi) is 6.03. The maximum Gasteiger partial charge on any atom is 0.331 e. The molecule has 3 aromatic rings. The van der Waals surface area contributed by atoms with Gasteiger partial charge in [0.25, 0.3) is 0 Å². The number of aryl methyl sites for hydroxylation is 2. The Bertz CT molecular complexity index is 1040. The molecular weight excluding hydrogens is 350 g/mol. The normalized spacial score (nSPS) is 10.8. The first kappa shape index (κ1) is 19.1. The average Bonchev–Trinajstić information content (AvgIpc) is 3.10. The molecule has 28 heavy (non-hydrogen) atoms. The van der Waals surface area contributed by atoms with Crippen LogP contribution in [0.25, 0.3) is 17.3 Å². The van der Waals surface area contributed by atoms with Gasteiger partial charge in [-0.2, -0.15) is 10.4 Å². The van der Waals surface area contributed by atoms with Crippen LogP contribution in [0.3, 0.4) is 0 Å². The zero-order valence-electron chi connectivity index (χ0n) is 15.9. The standard InChI is InChI=1S/C23H21N3O2/c1-17-8-9-20(14-18(17)2)23-21(10-11-22(27)28-13-12-24)16-26(25-23)15-19-6-4-3-5-7-19/h3-11,14,16H,13,15H2,1-2H3/b11-10+. The zero-order valence-corrected chi connectivity index (χ0v) is 15.9. The molecule has 0 amide bonds. The van der Waals surface area contributed by atoms with Gasteiger partial charge in [0.1, 0.15) is 6.07 Å². The molecule has 0 spiro atoms. The SMILES string of the molecule is Cc1ccc(-c2nn(Cc3ccccc3)cc2/C=C/C(=O)OCC#N)cc1C. The van der Waals surface area contributed by atoms with E-state index in [1.54, 1.807) is 12.1 Å². The quantitative estimate of drug-likeness (QED) is 0.479. The lowest BCUT2D eigenvalue weighted by Crippen LogP contribution is -2.00. The zero-order chi connectivity index (χ0) is 19.9. The molecule has 0 N–H and O–H groups in total. The summed E-state index contributed by atoms with van der Waals surface area (Å²) in [4.78, 5) is 11.7. The monoisotopic (exact) mass is 371 g/mol. The summed E-state index contributed by atoms with van der Waals surface area (Å²) in [6.45, 7) is 4.50. The molecule has 0 aliphatic rings. The molecule has 0 aliphatic heterocycles. The number of esters is 1. The average molecular weight is 371 g/mol. The molecule has 140 valence electrons. The van der Waals surface area contributed by atoms with E-state index in [2.05, 4.69) is 26.0 Å². The third kappa shape index (κ3) is 4.74. The van der Waals surface area contributed by atoms with Gasteiger partial charge in [0, 0.05) is 23.4 Å². The molecule has 0 radical (unpaired) electrons. The first-order valence-electron chi connectivity index (χ1n) is 8.97. The molecular formula is C23H21N3O2. The van der Waals surface area contributed by atoms with Gasteiger partial charge in [-0.05, 0) is 42.7 Å². The van der Waals surface area contributed by atoms with E-state index in [0.717, 1.165) is 22.4 Å². The highest BCUT2D eigenvalue weighted by molar-refractivity contribution is 5.88. The number of carbonyl (C=O) groups is 1. The van der Waals surface area contributed by atoms with Crippen molar-refractivity contribution in [3.63, 3.8) is 0 Å². The third-order valence-electron chi connectivity index (χ3n) is 4.44. The topological polar surface area (TPSA) is 67.9 Å². The van der Waals surface area contributed by atoms with Crippen LogP contribution >= 0.6 is 0 Å². The molecule has 0 atom stereocenters. The lowest BCUT2D eigenvalue weighted by Gasteiger charge is -2.04. The molecule has 0 aliphatic carbocycles. The van der Waals surface area contributed by atoms with Crippen LogP contribution in [-0.4, -0.2) is 22.4 Å². The first-order valence-corrected chi connectivity index (χ1v) is 8.97. The van der Waals surface area contributed by atoms with Crippen LogP contribution in [0.5, 0.6) is 0 Å². The second-order valence-electron chi connectivity index (χ2n) is 6.51. The van der Waals surface area contributed by atoms with Crippen LogP contribution in [0.15, 0.2) is 60.8 Å². The van der Waals surface area contributed by atoms with E-state index in [4.69, 9.17) is 15.1 Å². The van der Waals surface area contributed by atoms with Crippen molar-refractivity contribution in [3.8, 4) is 17.3 Å². The fraction of sp³-hybridized carbons (Fsp3) is 0.174. The van der Waals surface area contributed by atoms with E-state index in [1.165, 1.54) is 17.2 Å². The molecule has 1 heterocycles. The van der Waals surface area contributed by atoms with Crippen molar-refractivity contribution in [2.24, 2.45) is 0 Å². The minimum absolute atomic E-state index is 0.263. The van der Waals surface area contributed by atoms with Crippen LogP contribution in [0.4, 0.5) is 0 Å². The lowest BCUT2D eigenvalue weighted by molar-refractivity contribution is -0.136. The fourth-order valence-electron chi connectivity index (χ4n) is 2.83. The van der Waals surface area contributed by atoms with E-state index >= 15 is 0 Å². The maximum absolute atomic E-state index is 11.7. The Balaban J connectivity index is 1.95. The van der Waals surface area contributed by atoms with E-state index in [9.17, 15) is 4.79 Å². The number of ether oxygens (including phenoxy) is 1. The van der Waals surface area contributed by atoms with E-state index in [-0.39, 0.29) is 6.61 Å². The van der Waals surface area contributed by atoms with Crippen molar-refractivity contribution < 1.29 is 9.53 Å². The molecule has 2 aromatic carbocycles. The summed E-state index contributed by atoms with van der Waals surface area (Å²) in [5.74, 6) is -0.552. The molecule has 5 heteroatoms. The van der Waals surface area contributed by atoms with Gasteiger partial charge in [-0.3, -0.25) is 4.68 Å². The third-order valence-corrected chi connectivity index (χ3v) is 4.44. The van der Waals surface area contributed by atoms with E-state index in [1.807, 2.05) is 47.3 Å². The van der Waals surface area contributed by atoms with Gasteiger partial charge in [0.05, 0.1) is 12.2 Å².